The predicted molar refractivity (Wildman–Crippen MR) is 151 cm³/mol. The Morgan fingerprint density at radius 1 is 0.829 bits per heavy atom. The second-order valence-corrected chi connectivity index (χ2v) is 14.5. The Morgan fingerprint density at radius 3 is 2.46 bits per heavy atom. The molecule has 2 aromatic rings. The third kappa shape index (κ3) is 3.83. The van der Waals surface area contributed by atoms with E-state index in [1.165, 1.54) is 81.4 Å². The summed E-state index contributed by atoms with van der Waals surface area (Å²) in [7, 11) is 0. The van der Waals surface area contributed by atoms with Gasteiger partial charge in [-0.1, -0.05) is 90.3 Å². The molecule has 8 unspecified atom stereocenters. The van der Waals surface area contributed by atoms with Crippen LogP contribution in [0, 0.1) is 52.3 Å². The van der Waals surface area contributed by atoms with Crippen molar-refractivity contribution in [3.8, 4) is 0 Å². The fourth-order valence-corrected chi connectivity index (χ4v) is 10.6. The van der Waals surface area contributed by atoms with E-state index in [9.17, 15) is 0 Å². The Balaban J connectivity index is 1.23. The summed E-state index contributed by atoms with van der Waals surface area (Å²) < 4.78 is 0. The fourth-order valence-electron chi connectivity index (χ4n) is 10.6. The number of hydrogen-bond donors (Lipinski definition) is 0. The van der Waals surface area contributed by atoms with E-state index in [1.54, 1.807) is 11.1 Å². The molecular weight excluding hydrogens is 420 g/mol. The van der Waals surface area contributed by atoms with Crippen LogP contribution in [-0.2, 0) is 12.8 Å². The average molecular weight is 471 g/mol. The van der Waals surface area contributed by atoms with E-state index >= 15 is 0 Å². The van der Waals surface area contributed by atoms with Crippen molar-refractivity contribution in [3.05, 3.63) is 47.5 Å². The van der Waals surface area contributed by atoms with Gasteiger partial charge in [0.1, 0.15) is 0 Å². The molecule has 0 aromatic heterocycles. The van der Waals surface area contributed by atoms with Gasteiger partial charge in [0, 0.05) is 0 Å². The van der Waals surface area contributed by atoms with Crippen molar-refractivity contribution in [1.82, 2.24) is 0 Å². The first kappa shape index (κ1) is 24.1. The molecule has 4 aliphatic rings. The summed E-state index contributed by atoms with van der Waals surface area (Å²) in [6, 6.07) is 14.0. The summed E-state index contributed by atoms with van der Waals surface area (Å²) in [6.45, 7) is 12.9. The Bertz CT molecular complexity index is 1060. The molecule has 0 aliphatic heterocycles. The summed E-state index contributed by atoms with van der Waals surface area (Å²) in [5.74, 6) is 6.58. The average Bonchev–Trinajstić information content (AvgIpc) is 3.19. The first-order valence-corrected chi connectivity index (χ1v) is 15.3. The highest BCUT2D eigenvalue weighted by molar-refractivity contribution is 5.87. The Morgan fingerprint density at radius 2 is 1.63 bits per heavy atom. The van der Waals surface area contributed by atoms with Gasteiger partial charge < -0.3 is 0 Å². The van der Waals surface area contributed by atoms with Crippen LogP contribution in [0.1, 0.15) is 104 Å². The highest BCUT2D eigenvalue weighted by Gasteiger charge is 2.60. The summed E-state index contributed by atoms with van der Waals surface area (Å²) in [4.78, 5) is 0. The van der Waals surface area contributed by atoms with Crippen LogP contribution < -0.4 is 0 Å². The molecule has 0 heteroatoms. The van der Waals surface area contributed by atoms with Gasteiger partial charge >= 0.3 is 0 Å². The van der Waals surface area contributed by atoms with Gasteiger partial charge in [-0.05, 0) is 126 Å². The molecule has 0 bridgehead atoms. The Kier molecular flexibility index (Phi) is 6.13. The fraction of sp³-hybridized carbons (Fsp3) is 0.714. The maximum Gasteiger partial charge on any atom is -0.0149 e. The lowest BCUT2D eigenvalue weighted by Crippen LogP contribution is -2.54. The molecule has 6 rings (SSSR count). The molecule has 0 radical (unpaired) electrons. The minimum atomic E-state index is 0.515. The van der Waals surface area contributed by atoms with Crippen LogP contribution in [0.2, 0.25) is 0 Å². The topological polar surface area (TPSA) is 0 Å². The molecule has 4 aliphatic carbocycles. The first-order valence-electron chi connectivity index (χ1n) is 15.3. The molecule has 0 nitrogen and oxygen atoms in total. The lowest BCUT2D eigenvalue weighted by molar-refractivity contribution is -0.103. The van der Waals surface area contributed by atoms with Crippen molar-refractivity contribution in [2.75, 3.05) is 0 Å². The highest BCUT2D eigenvalue weighted by Crippen LogP contribution is 2.68. The van der Waals surface area contributed by atoms with Crippen molar-refractivity contribution < 1.29 is 0 Å². The lowest BCUT2D eigenvalue weighted by atomic mass is 9.44. The van der Waals surface area contributed by atoms with Gasteiger partial charge in [-0.2, -0.15) is 0 Å². The SMILES string of the molecule is CC(C)CCCC(C)C1CCC2C3CCC4Cc5c(ccc6ccccc56)CC4(C)C3CCC12C. The van der Waals surface area contributed by atoms with Crippen LogP contribution in [-0.4, -0.2) is 0 Å². The minimum Gasteiger partial charge on any atom is -0.0628 e. The zero-order valence-corrected chi connectivity index (χ0v) is 23.3. The molecule has 0 amide bonds. The molecular formula is C35H50. The van der Waals surface area contributed by atoms with E-state index in [-0.39, 0.29) is 0 Å². The third-order valence-electron chi connectivity index (χ3n) is 12.4. The van der Waals surface area contributed by atoms with Gasteiger partial charge in [-0.3, -0.25) is 0 Å². The smallest absolute Gasteiger partial charge is 0.0149 e. The Labute approximate surface area is 215 Å². The number of benzene rings is 2. The van der Waals surface area contributed by atoms with E-state index in [0.717, 1.165) is 41.4 Å². The second kappa shape index (κ2) is 8.92. The molecule has 8 atom stereocenters. The van der Waals surface area contributed by atoms with Crippen LogP contribution >= 0.6 is 0 Å². The second-order valence-electron chi connectivity index (χ2n) is 14.5. The summed E-state index contributed by atoms with van der Waals surface area (Å²) >= 11 is 0. The van der Waals surface area contributed by atoms with Gasteiger partial charge in [0.2, 0.25) is 0 Å². The zero-order chi connectivity index (χ0) is 24.4. The molecule has 3 saturated carbocycles. The number of fused-ring (bicyclic) bond motifs is 8. The van der Waals surface area contributed by atoms with Crippen molar-refractivity contribution in [3.63, 3.8) is 0 Å². The molecule has 0 spiro atoms. The monoisotopic (exact) mass is 470 g/mol. The number of rotatable bonds is 5. The highest BCUT2D eigenvalue weighted by atomic mass is 14.6. The summed E-state index contributed by atoms with van der Waals surface area (Å²) in [5, 5.41) is 2.98. The third-order valence-corrected chi connectivity index (χ3v) is 12.4. The molecule has 0 saturated heterocycles. The van der Waals surface area contributed by atoms with Crippen molar-refractivity contribution in [1.29, 1.82) is 0 Å². The van der Waals surface area contributed by atoms with E-state index < -0.39 is 0 Å². The molecule has 2 aromatic carbocycles. The van der Waals surface area contributed by atoms with Crippen LogP contribution in [0.3, 0.4) is 0 Å². The summed E-state index contributed by atoms with van der Waals surface area (Å²) in [6.07, 6.45) is 16.0. The van der Waals surface area contributed by atoms with Crippen LogP contribution in [0.15, 0.2) is 36.4 Å². The van der Waals surface area contributed by atoms with Crippen LogP contribution in [0.4, 0.5) is 0 Å². The minimum absolute atomic E-state index is 0.515. The maximum atomic E-state index is 2.75. The molecule has 190 valence electrons. The van der Waals surface area contributed by atoms with Gasteiger partial charge in [-0.25, -0.2) is 0 Å². The molecule has 35 heavy (non-hydrogen) atoms. The lowest BCUT2D eigenvalue weighted by Gasteiger charge is -2.61. The van der Waals surface area contributed by atoms with E-state index in [0.29, 0.717) is 10.8 Å². The van der Waals surface area contributed by atoms with Crippen LogP contribution in [0.5, 0.6) is 0 Å². The van der Waals surface area contributed by atoms with E-state index in [1.807, 2.05) is 0 Å². The molecule has 0 heterocycles. The largest absolute Gasteiger partial charge is 0.0628 e. The zero-order valence-electron chi connectivity index (χ0n) is 23.3. The van der Waals surface area contributed by atoms with Crippen LogP contribution in [0.25, 0.3) is 10.8 Å². The van der Waals surface area contributed by atoms with Gasteiger partial charge in [-0.15, -0.1) is 0 Å². The number of hydrogen-bond acceptors (Lipinski definition) is 0. The van der Waals surface area contributed by atoms with Crippen molar-refractivity contribution in [2.24, 2.45) is 52.3 Å². The standard InChI is InChI=1S/C35H50/c1-23(2)9-8-10-24(3)31-17-18-32-29-16-15-27-21-30-26(14-13-25-11-6-7-12-28(25)30)22-35(27,5)33(29)19-20-34(31,32)4/h6-7,11-14,23-24,27,29,31-33H,8-10,15-22H2,1-5H3. The van der Waals surface area contributed by atoms with Gasteiger partial charge in [0.15, 0.2) is 0 Å². The van der Waals surface area contributed by atoms with Crippen molar-refractivity contribution >= 4 is 10.8 Å². The van der Waals surface area contributed by atoms with E-state index in [4.69, 9.17) is 0 Å². The quantitative estimate of drug-likeness (QED) is 0.408. The molecule has 0 N–H and O–H groups in total. The normalized spacial score (nSPS) is 39.1. The summed E-state index contributed by atoms with van der Waals surface area (Å²) in [5.41, 5.74) is 4.51. The van der Waals surface area contributed by atoms with Crippen molar-refractivity contribution in [2.45, 2.75) is 105 Å². The molecule has 3 fully saturated rings. The van der Waals surface area contributed by atoms with Gasteiger partial charge in [0.05, 0.1) is 0 Å². The maximum absolute atomic E-state index is 2.75. The van der Waals surface area contributed by atoms with E-state index in [2.05, 4.69) is 71.0 Å². The Hall–Kier alpha value is -1.30. The van der Waals surface area contributed by atoms with Gasteiger partial charge in [0.25, 0.3) is 0 Å². The predicted octanol–water partition coefficient (Wildman–Crippen LogP) is 9.88. The first-order chi connectivity index (χ1) is 16.8.